The quantitative estimate of drug-likeness (QED) is 0.415. The van der Waals surface area contributed by atoms with Gasteiger partial charge in [0.15, 0.2) is 0 Å². The minimum absolute atomic E-state index is 0.0167. The first-order valence-corrected chi connectivity index (χ1v) is 10.6. The minimum atomic E-state index is -0.517. The van der Waals surface area contributed by atoms with Crippen LogP contribution in [0.25, 0.3) is 0 Å². The van der Waals surface area contributed by atoms with E-state index in [2.05, 4.69) is 20.8 Å². The number of nitrogens with zero attached hydrogens (tertiary/aromatic N) is 1. The van der Waals surface area contributed by atoms with E-state index < -0.39 is 5.97 Å². The molecule has 5 heteroatoms. The van der Waals surface area contributed by atoms with Gasteiger partial charge in [-0.2, -0.15) is 0 Å². The second kappa shape index (κ2) is 7.71. The second-order valence-corrected chi connectivity index (χ2v) is 9.22. The molecule has 1 saturated carbocycles. The zero-order valence-electron chi connectivity index (χ0n) is 17.7. The fourth-order valence-electron chi connectivity index (χ4n) is 4.38. The summed E-state index contributed by atoms with van der Waals surface area (Å²) in [6, 6.07) is 14.0. The van der Waals surface area contributed by atoms with Gasteiger partial charge < -0.3 is 4.74 Å². The summed E-state index contributed by atoms with van der Waals surface area (Å²) >= 11 is 0. The van der Waals surface area contributed by atoms with Crippen LogP contribution in [0.15, 0.2) is 48.5 Å². The average molecular weight is 405 g/mol. The molecule has 2 aromatic carbocycles. The summed E-state index contributed by atoms with van der Waals surface area (Å²) in [6.45, 7) is 6.36. The highest BCUT2D eigenvalue weighted by molar-refractivity contribution is 6.22. The largest absolute Gasteiger partial charge is 0.423 e. The van der Waals surface area contributed by atoms with Crippen LogP contribution in [0.2, 0.25) is 0 Å². The van der Waals surface area contributed by atoms with E-state index in [-0.39, 0.29) is 29.1 Å². The Bertz CT molecular complexity index is 963. The highest BCUT2D eigenvalue weighted by Gasteiger charge is 2.48. The van der Waals surface area contributed by atoms with E-state index in [0.717, 1.165) is 31.2 Å². The smallest absolute Gasteiger partial charge is 0.343 e. The molecule has 1 aliphatic carbocycles. The summed E-state index contributed by atoms with van der Waals surface area (Å²) in [5.41, 5.74) is 1.92. The fourth-order valence-corrected chi connectivity index (χ4v) is 4.38. The SMILES string of the molecule is CC(C)(C)c1ccc(OC(=O)c2cccc(N3C(=O)[C@@H]4CCCC[C@H]4C3=O)c2)cc1. The highest BCUT2D eigenvalue weighted by atomic mass is 16.5. The summed E-state index contributed by atoms with van der Waals surface area (Å²) in [6.07, 6.45) is 3.48. The lowest BCUT2D eigenvalue weighted by Gasteiger charge is -2.19. The van der Waals surface area contributed by atoms with Crippen LogP contribution >= 0.6 is 0 Å². The Morgan fingerprint density at radius 2 is 1.53 bits per heavy atom. The molecule has 30 heavy (non-hydrogen) atoms. The number of hydrogen-bond acceptors (Lipinski definition) is 4. The number of amides is 2. The molecule has 0 spiro atoms. The first kappa shape index (κ1) is 20.3. The van der Waals surface area contributed by atoms with Crippen molar-refractivity contribution in [3.05, 3.63) is 59.7 Å². The molecule has 1 aliphatic heterocycles. The van der Waals surface area contributed by atoms with Crippen molar-refractivity contribution in [1.29, 1.82) is 0 Å². The molecule has 2 amide bonds. The molecule has 1 saturated heterocycles. The topological polar surface area (TPSA) is 63.7 Å². The van der Waals surface area contributed by atoms with Gasteiger partial charge in [-0.1, -0.05) is 51.8 Å². The van der Waals surface area contributed by atoms with Crippen LogP contribution in [-0.2, 0) is 15.0 Å². The second-order valence-electron chi connectivity index (χ2n) is 9.22. The van der Waals surface area contributed by atoms with E-state index in [9.17, 15) is 14.4 Å². The maximum absolute atomic E-state index is 12.8. The number of carbonyl (C=O) groups is 3. The average Bonchev–Trinajstić information content (AvgIpc) is 2.98. The molecule has 0 radical (unpaired) electrons. The van der Waals surface area contributed by atoms with Crippen LogP contribution in [0, 0.1) is 11.8 Å². The molecular formula is C25H27NO4. The Morgan fingerprint density at radius 3 is 2.10 bits per heavy atom. The summed E-state index contributed by atoms with van der Waals surface area (Å²) in [5.74, 6) is -0.790. The van der Waals surface area contributed by atoms with Crippen molar-refractivity contribution in [2.45, 2.75) is 51.9 Å². The van der Waals surface area contributed by atoms with Crippen LogP contribution in [0.3, 0.4) is 0 Å². The molecule has 0 N–H and O–H groups in total. The molecule has 0 unspecified atom stereocenters. The third-order valence-corrected chi connectivity index (χ3v) is 6.11. The van der Waals surface area contributed by atoms with Crippen LogP contribution in [-0.4, -0.2) is 17.8 Å². The van der Waals surface area contributed by atoms with Crippen molar-refractivity contribution >= 4 is 23.5 Å². The molecule has 4 rings (SSSR count). The van der Waals surface area contributed by atoms with Crippen LogP contribution in [0.1, 0.15) is 62.4 Å². The molecule has 0 bridgehead atoms. The number of anilines is 1. The minimum Gasteiger partial charge on any atom is -0.423 e. The molecule has 1 heterocycles. The zero-order chi connectivity index (χ0) is 21.5. The summed E-state index contributed by atoms with van der Waals surface area (Å²) < 4.78 is 5.51. The highest BCUT2D eigenvalue weighted by Crippen LogP contribution is 2.40. The Morgan fingerprint density at radius 1 is 0.933 bits per heavy atom. The van der Waals surface area contributed by atoms with Crippen LogP contribution in [0.4, 0.5) is 5.69 Å². The van der Waals surface area contributed by atoms with E-state index in [0.29, 0.717) is 17.0 Å². The van der Waals surface area contributed by atoms with Crippen molar-refractivity contribution in [2.24, 2.45) is 11.8 Å². The molecule has 2 aromatic rings. The lowest BCUT2D eigenvalue weighted by Crippen LogP contribution is -2.31. The predicted octanol–water partition coefficient (Wildman–Crippen LogP) is 4.88. The number of imide groups is 1. The first-order chi connectivity index (χ1) is 14.3. The maximum Gasteiger partial charge on any atom is 0.343 e. The van der Waals surface area contributed by atoms with E-state index in [4.69, 9.17) is 4.74 Å². The zero-order valence-corrected chi connectivity index (χ0v) is 17.7. The van der Waals surface area contributed by atoms with E-state index in [1.807, 2.05) is 12.1 Å². The number of esters is 1. The third-order valence-electron chi connectivity index (χ3n) is 6.11. The lowest BCUT2D eigenvalue weighted by atomic mass is 9.81. The van der Waals surface area contributed by atoms with Crippen LogP contribution < -0.4 is 9.64 Å². The number of ether oxygens (including phenoxy) is 1. The maximum atomic E-state index is 12.8. The monoisotopic (exact) mass is 405 g/mol. The summed E-state index contributed by atoms with van der Waals surface area (Å²) in [4.78, 5) is 39.6. The molecule has 5 nitrogen and oxygen atoms in total. The lowest BCUT2D eigenvalue weighted by molar-refractivity contribution is -0.122. The standard InChI is InChI=1S/C25H27NO4/c1-25(2,3)17-11-13-19(14-12-17)30-24(29)16-7-6-8-18(15-16)26-22(27)20-9-4-5-10-21(20)23(26)28/h6-8,11-15,20-21H,4-5,9-10H2,1-3H3/t20-,21-/m1/s1. The Labute approximate surface area is 177 Å². The van der Waals surface area contributed by atoms with Gasteiger partial charge in [0.2, 0.25) is 11.8 Å². The van der Waals surface area contributed by atoms with Gasteiger partial charge >= 0.3 is 5.97 Å². The molecular weight excluding hydrogens is 378 g/mol. The Balaban J connectivity index is 1.52. The van der Waals surface area contributed by atoms with E-state index >= 15 is 0 Å². The number of fused-ring (bicyclic) bond motifs is 1. The molecule has 156 valence electrons. The predicted molar refractivity (Wildman–Crippen MR) is 114 cm³/mol. The van der Waals surface area contributed by atoms with Gasteiger partial charge in [-0.15, -0.1) is 0 Å². The van der Waals surface area contributed by atoms with Gasteiger partial charge in [0.1, 0.15) is 5.75 Å². The molecule has 0 aromatic heterocycles. The molecule has 2 fully saturated rings. The normalized spacial score (nSPS) is 21.5. The first-order valence-electron chi connectivity index (χ1n) is 10.6. The van der Waals surface area contributed by atoms with E-state index in [1.54, 1.807) is 36.4 Å². The number of rotatable bonds is 3. The van der Waals surface area contributed by atoms with Crippen molar-refractivity contribution < 1.29 is 19.1 Å². The summed E-state index contributed by atoms with van der Waals surface area (Å²) in [5, 5.41) is 0. The number of benzene rings is 2. The van der Waals surface area contributed by atoms with Gasteiger partial charge in [-0.05, 0) is 54.2 Å². The number of carbonyl (C=O) groups excluding carboxylic acids is 3. The van der Waals surface area contributed by atoms with E-state index in [1.165, 1.54) is 4.90 Å². The van der Waals surface area contributed by atoms with Crippen LogP contribution in [0.5, 0.6) is 5.75 Å². The fraction of sp³-hybridized carbons (Fsp3) is 0.400. The Kier molecular flexibility index (Phi) is 5.22. The van der Waals surface area contributed by atoms with Gasteiger partial charge in [0, 0.05) is 0 Å². The van der Waals surface area contributed by atoms with Gasteiger partial charge in [0.25, 0.3) is 0 Å². The Hall–Kier alpha value is -2.95. The van der Waals surface area contributed by atoms with Crippen molar-refractivity contribution in [3.8, 4) is 5.75 Å². The third kappa shape index (κ3) is 3.76. The van der Waals surface area contributed by atoms with Gasteiger partial charge in [-0.3, -0.25) is 14.5 Å². The number of hydrogen-bond donors (Lipinski definition) is 0. The summed E-state index contributed by atoms with van der Waals surface area (Å²) in [7, 11) is 0. The molecule has 2 aliphatic rings. The molecule has 2 atom stereocenters. The van der Waals surface area contributed by atoms with Crippen molar-refractivity contribution in [3.63, 3.8) is 0 Å². The van der Waals surface area contributed by atoms with Gasteiger partial charge in [-0.25, -0.2) is 4.79 Å². The van der Waals surface area contributed by atoms with Crippen molar-refractivity contribution in [1.82, 2.24) is 0 Å². The van der Waals surface area contributed by atoms with Crippen molar-refractivity contribution in [2.75, 3.05) is 4.90 Å². The van der Waals surface area contributed by atoms with Gasteiger partial charge in [0.05, 0.1) is 23.1 Å².